The summed E-state index contributed by atoms with van der Waals surface area (Å²) in [6.07, 6.45) is 1.50. The molecule has 1 heterocycles. The van der Waals surface area contributed by atoms with Gasteiger partial charge in [0, 0.05) is 16.2 Å². The molecule has 0 fully saturated rings. The van der Waals surface area contributed by atoms with Gasteiger partial charge in [-0.1, -0.05) is 23.8 Å². The summed E-state index contributed by atoms with van der Waals surface area (Å²) in [5.74, 6) is -2.42. The molecule has 1 aromatic heterocycles. The van der Waals surface area contributed by atoms with Gasteiger partial charge >= 0.3 is 5.97 Å². The molecule has 8 heteroatoms. The third-order valence-corrected chi connectivity index (χ3v) is 4.61. The van der Waals surface area contributed by atoms with Crippen LogP contribution in [0.1, 0.15) is 20.8 Å². The summed E-state index contributed by atoms with van der Waals surface area (Å²) in [6.45, 7) is 1.90. The Balaban J connectivity index is 2.24. The first kappa shape index (κ1) is 19.7. The Morgan fingerprint density at radius 3 is 2.46 bits per heavy atom. The van der Waals surface area contributed by atoms with E-state index in [-0.39, 0.29) is 11.4 Å². The molecule has 2 rings (SSSR count). The van der Waals surface area contributed by atoms with Crippen LogP contribution in [0, 0.1) is 6.92 Å². The normalized spacial score (nSPS) is 12.3. The molecule has 0 aliphatic carbocycles. The fraction of sp³-hybridized carbons (Fsp3) is 0.167. The Labute approximate surface area is 160 Å². The van der Waals surface area contributed by atoms with Crippen molar-refractivity contribution in [2.24, 2.45) is 0 Å². The maximum Gasteiger partial charge on any atom is 0.327 e. The largest absolute Gasteiger partial charge is 0.480 e. The van der Waals surface area contributed by atoms with Crippen LogP contribution in [-0.4, -0.2) is 34.7 Å². The Morgan fingerprint density at radius 1 is 1.23 bits per heavy atom. The molecule has 2 amide bonds. The van der Waals surface area contributed by atoms with Crippen LogP contribution in [0.5, 0.6) is 0 Å². The number of carboxylic acid groups (broad SMARTS) is 1. The molecule has 0 spiro atoms. The Bertz CT molecular complexity index is 814. The van der Waals surface area contributed by atoms with Gasteiger partial charge in [-0.15, -0.1) is 11.3 Å². The zero-order chi connectivity index (χ0) is 19.1. The van der Waals surface area contributed by atoms with E-state index in [1.54, 1.807) is 30.3 Å². The van der Waals surface area contributed by atoms with Crippen LogP contribution in [0.25, 0.3) is 6.08 Å². The lowest BCUT2D eigenvalue weighted by atomic mass is 10.1. The predicted molar refractivity (Wildman–Crippen MR) is 104 cm³/mol. The van der Waals surface area contributed by atoms with Crippen LogP contribution in [0.4, 0.5) is 0 Å². The molecule has 0 radical (unpaired) electrons. The molecular weight excluding hydrogens is 372 g/mol. The van der Waals surface area contributed by atoms with Crippen molar-refractivity contribution in [3.8, 4) is 0 Å². The average molecular weight is 390 g/mol. The van der Waals surface area contributed by atoms with Gasteiger partial charge in [-0.3, -0.25) is 9.59 Å². The minimum absolute atomic E-state index is 0.0361. The zero-order valence-corrected chi connectivity index (χ0v) is 15.6. The first-order valence-electron chi connectivity index (χ1n) is 7.68. The van der Waals surface area contributed by atoms with Crippen molar-refractivity contribution in [1.29, 1.82) is 0 Å². The zero-order valence-electron chi connectivity index (χ0n) is 13.9. The van der Waals surface area contributed by atoms with E-state index in [4.69, 9.17) is 5.11 Å². The minimum atomic E-state index is -1.20. The van der Waals surface area contributed by atoms with Crippen LogP contribution in [0.2, 0.25) is 0 Å². The number of aliphatic carboxylic acids is 1. The number of thiol groups is 1. The lowest BCUT2D eigenvalue weighted by molar-refractivity contribution is -0.140. The summed E-state index contributed by atoms with van der Waals surface area (Å²) in [5, 5.41) is 15.8. The number of aryl methyl sites for hydroxylation is 1. The molecule has 3 N–H and O–H groups in total. The fourth-order valence-corrected chi connectivity index (χ4v) is 2.90. The third kappa shape index (κ3) is 5.47. The number of amides is 2. The van der Waals surface area contributed by atoms with Gasteiger partial charge in [0.2, 0.25) is 0 Å². The Hall–Kier alpha value is -2.58. The number of rotatable bonds is 7. The van der Waals surface area contributed by atoms with Gasteiger partial charge in [0.15, 0.2) is 0 Å². The van der Waals surface area contributed by atoms with Crippen molar-refractivity contribution < 1.29 is 19.5 Å². The second kappa shape index (κ2) is 9.21. The van der Waals surface area contributed by atoms with E-state index >= 15 is 0 Å². The third-order valence-electron chi connectivity index (χ3n) is 3.42. The summed E-state index contributed by atoms with van der Waals surface area (Å²) in [4.78, 5) is 36.8. The van der Waals surface area contributed by atoms with E-state index in [1.807, 2.05) is 18.4 Å². The number of thiophene rings is 1. The number of carbonyl (C=O) groups excluding carboxylic acids is 2. The van der Waals surface area contributed by atoms with Gasteiger partial charge in [0.05, 0.1) is 0 Å². The molecule has 0 bridgehead atoms. The van der Waals surface area contributed by atoms with E-state index < -0.39 is 23.8 Å². The van der Waals surface area contributed by atoms with Crippen molar-refractivity contribution in [2.75, 3.05) is 5.75 Å². The van der Waals surface area contributed by atoms with Crippen molar-refractivity contribution in [3.05, 3.63) is 63.5 Å². The van der Waals surface area contributed by atoms with Crippen LogP contribution in [0.3, 0.4) is 0 Å². The summed E-state index contributed by atoms with van der Waals surface area (Å²) in [6, 6.07) is 9.31. The smallest absolute Gasteiger partial charge is 0.327 e. The van der Waals surface area contributed by atoms with E-state index in [0.717, 1.165) is 10.4 Å². The van der Waals surface area contributed by atoms with Gasteiger partial charge in [0.1, 0.15) is 11.7 Å². The summed E-state index contributed by atoms with van der Waals surface area (Å²) in [5.41, 5.74) is 1.36. The van der Waals surface area contributed by atoms with Crippen LogP contribution in [0.15, 0.2) is 47.5 Å². The molecule has 0 aliphatic rings. The molecule has 1 atom stereocenters. The molecule has 136 valence electrons. The maximum atomic E-state index is 12.5. The molecule has 6 nitrogen and oxygen atoms in total. The number of benzene rings is 1. The van der Waals surface area contributed by atoms with Gasteiger partial charge < -0.3 is 15.7 Å². The molecule has 0 aliphatic heterocycles. The first-order valence-corrected chi connectivity index (χ1v) is 9.19. The monoisotopic (exact) mass is 390 g/mol. The van der Waals surface area contributed by atoms with Gasteiger partial charge in [-0.25, -0.2) is 4.79 Å². The summed E-state index contributed by atoms with van der Waals surface area (Å²) in [7, 11) is 0. The average Bonchev–Trinajstić information content (AvgIpc) is 3.12. The SMILES string of the molecule is Cc1ccc(C(=O)N/C(=C/c2cccs2)C(=O)NC(CS)C(=O)O)cc1. The van der Waals surface area contributed by atoms with Crippen molar-refractivity contribution in [3.63, 3.8) is 0 Å². The molecule has 1 unspecified atom stereocenters. The standard InChI is InChI=1S/C18H18N2O4S2/c1-11-4-6-12(7-5-11)16(21)19-14(9-13-3-2-8-26-13)17(22)20-15(10-25)18(23)24/h2-9,15,25H,10H2,1H3,(H,19,21)(H,20,22)(H,23,24)/b14-9+. The van der Waals surface area contributed by atoms with Crippen molar-refractivity contribution in [1.82, 2.24) is 10.6 Å². The number of hydrogen-bond acceptors (Lipinski definition) is 5. The minimum Gasteiger partial charge on any atom is -0.480 e. The second-order valence-corrected chi connectivity index (χ2v) is 6.78. The quantitative estimate of drug-likeness (QED) is 0.431. The predicted octanol–water partition coefficient (Wildman–Crippen LogP) is 2.33. The highest BCUT2D eigenvalue weighted by Gasteiger charge is 2.22. The van der Waals surface area contributed by atoms with Crippen molar-refractivity contribution in [2.45, 2.75) is 13.0 Å². The highest BCUT2D eigenvalue weighted by molar-refractivity contribution is 7.80. The Kier molecular flexibility index (Phi) is 6.99. The topological polar surface area (TPSA) is 95.5 Å². The van der Waals surface area contributed by atoms with E-state index in [0.29, 0.717) is 5.56 Å². The molecule has 0 saturated heterocycles. The molecular formula is C18H18N2O4S2. The number of hydrogen-bond donors (Lipinski definition) is 4. The van der Waals surface area contributed by atoms with E-state index in [9.17, 15) is 14.4 Å². The van der Waals surface area contributed by atoms with Crippen molar-refractivity contribution >= 4 is 47.8 Å². The van der Waals surface area contributed by atoms with E-state index in [1.165, 1.54) is 17.4 Å². The lowest BCUT2D eigenvalue weighted by Crippen LogP contribution is -2.45. The number of nitrogens with one attached hydrogen (secondary N) is 2. The van der Waals surface area contributed by atoms with Gasteiger partial charge in [-0.05, 0) is 36.6 Å². The summed E-state index contributed by atoms with van der Waals surface area (Å²) >= 11 is 5.31. The molecule has 0 saturated carbocycles. The number of carboxylic acids is 1. The van der Waals surface area contributed by atoms with Crippen LogP contribution >= 0.6 is 24.0 Å². The summed E-state index contributed by atoms with van der Waals surface area (Å²) < 4.78 is 0. The van der Waals surface area contributed by atoms with Gasteiger partial charge in [0.25, 0.3) is 11.8 Å². The number of carbonyl (C=O) groups is 3. The molecule has 2 aromatic rings. The Morgan fingerprint density at radius 2 is 1.92 bits per heavy atom. The molecule has 26 heavy (non-hydrogen) atoms. The van der Waals surface area contributed by atoms with Crippen LogP contribution < -0.4 is 10.6 Å². The molecule has 1 aromatic carbocycles. The second-order valence-electron chi connectivity index (χ2n) is 5.44. The van der Waals surface area contributed by atoms with Crippen LogP contribution in [-0.2, 0) is 9.59 Å². The highest BCUT2D eigenvalue weighted by atomic mass is 32.1. The first-order chi connectivity index (χ1) is 12.4. The lowest BCUT2D eigenvalue weighted by Gasteiger charge is -2.15. The highest BCUT2D eigenvalue weighted by Crippen LogP contribution is 2.13. The van der Waals surface area contributed by atoms with E-state index in [2.05, 4.69) is 23.3 Å². The fourth-order valence-electron chi connectivity index (χ4n) is 1.99. The maximum absolute atomic E-state index is 12.5. The van der Waals surface area contributed by atoms with Gasteiger partial charge in [-0.2, -0.15) is 12.6 Å².